The van der Waals surface area contributed by atoms with Crippen LogP contribution in [0.25, 0.3) is 122 Å². The summed E-state index contributed by atoms with van der Waals surface area (Å²) in [5, 5.41) is 10.1. The molecule has 0 saturated heterocycles. The van der Waals surface area contributed by atoms with Gasteiger partial charge in [-0.15, -0.1) is 0 Å². The predicted molar refractivity (Wildman–Crippen MR) is 284 cm³/mol. The maximum atomic E-state index is 2.36. The Hall–Kier alpha value is -8.58. The molecule has 0 aliphatic heterocycles. The van der Waals surface area contributed by atoms with E-state index in [0.29, 0.717) is 0 Å². The van der Waals surface area contributed by atoms with Crippen LogP contribution in [0.15, 0.2) is 255 Å². The average molecular weight is 837 g/mol. The third kappa shape index (κ3) is 7.06. The number of hydrogen-bond acceptors (Lipinski definition) is 0. The van der Waals surface area contributed by atoms with Gasteiger partial charge >= 0.3 is 0 Å². The summed E-state index contributed by atoms with van der Waals surface area (Å²) in [6.07, 6.45) is 4.44. The Kier molecular flexibility index (Phi) is 9.97. The molecule has 0 radical (unpaired) electrons. The summed E-state index contributed by atoms with van der Waals surface area (Å²) in [5.41, 5.74) is 17.1. The lowest BCUT2D eigenvalue weighted by atomic mass is 9.85. The number of rotatable bonds is 8. The van der Waals surface area contributed by atoms with Crippen LogP contribution in [0.2, 0.25) is 0 Å². The van der Waals surface area contributed by atoms with E-state index >= 15 is 0 Å². The highest BCUT2D eigenvalue weighted by molar-refractivity contribution is 6.23. The molecule has 0 amide bonds. The Labute approximate surface area is 386 Å². The molecule has 0 nitrogen and oxygen atoms in total. The van der Waals surface area contributed by atoms with Crippen LogP contribution < -0.4 is 0 Å². The van der Waals surface area contributed by atoms with Gasteiger partial charge in [-0.25, -0.2) is 0 Å². The van der Waals surface area contributed by atoms with E-state index < -0.39 is 0 Å². The molecular weight excluding hydrogens is 793 g/mol. The van der Waals surface area contributed by atoms with E-state index in [1.807, 2.05) is 0 Å². The summed E-state index contributed by atoms with van der Waals surface area (Å²) in [6.45, 7) is 0. The lowest BCUT2D eigenvalue weighted by molar-refractivity contribution is 1.58. The minimum atomic E-state index is 1.16. The van der Waals surface area contributed by atoms with Gasteiger partial charge in [0, 0.05) is 0 Å². The fraction of sp³-hybridized carbons (Fsp3) is 0. The molecule has 0 heterocycles. The first-order chi connectivity index (χ1) is 32.7. The molecule has 0 N–H and O–H groups in total. The van der Waals surface area contributed by atoms with Crippen LogP contribution in [0.1, 0.15) is 11.1 Å². The zero-order chi connectivity index (χ0) is 43.8. The Morgan fingerprint density at radius 3 is 0.864 bits per heavy atom. The predicted octanol–water partition coefficient (Wildman–Crippen LogP) is 18.5. The van der Waals surface area contributed by atoms with E-state index in [9.17, 15) is 0 Å². The van der Waals surface area contributed by atoms with Gasteiger partial charge in [0.15, 0.2) is 0 Å². The van der Waals surface area contributed by atoms with Gasteiger partial charge in [0.1, 0.15) is 0 Å². The Bertz CT molecular complexity index is 3670. The van der Waals surface area contributed by atoms with Crippen LogP contribution in [0.3, 0.4) is 0 Å². The van der Waals surface area contributed by atoms with Gasteiger partial charge in [-0.1, -0.05) is 249 Å². The minimum Gasteiger partial charge on any atom is -0.0622 e. The summed E-state index contributed by atoms with van der Waals surface area (Å²) < 4.78 is 0. The summed E-state index contributed by atoms with van der Waals surface area (Å²) in [4.78, 5) is 0. The van der Waals surface area contributed by atoms with Crippen molar-refractivity contribution in [2.75, 3.05) is 0 Å². The lowest BCUT2D eigenvalue weighted by Crippen LogP contribution is -1.91. The van der Waals surface area contributed by atoms with Crippen LogP contribution in [0, 0.1) is 0 Å². The van der Waals surface area contributed by atoms with Crippen molar-refractivity contribution in [1.82, 2.24) is 0 Å². The van der Waals surface area contributed by atoms with Crippen molar-refractivity contribution < 1.29 is 0 Å². The monoisotopic (exact) mass is 836 g/mol. The molecule has 0 spiro atoms. The third-order valence-electron chi connectivity index (χ3n) is 13.2. The molecule has 12 rings (SSSR count). The van der Waals surface area contributed by atoms with E-state index in [0.717, 1.165) is 11.1 Å². The van der Waals surface area contributed by atoms with Crippen molar-refractivity contribution in [3.63, 3.8) is 0 Å². The van der Waals surface area contributed by atoms with E-state index in [1.165, 1.54) is 110 Å². The van der Waals surface area contributed by atoms with Crippen LogP contribution in [0.4, 0.5) is 0 Å². The van der Waals surface area contributed by atoms with Crippen LogP contribution in [0.5, 0.6) is 0 Å². The van der Waals surface area contributed by atoms with Crippen LogP contribution >= 0.6 is 0 Å². The normalized spacial score (nSPS) is 11.6. The van der Waals surface area contributed by atoms with Crippen molar-refractivity contribution in [3.05, 3.63) is 266 Å². The number of benzene rings is 12. The second-order valence-electron chi connectivity index (χ2n) is 17.2. The Balaban J connectivity index is 0.844. The first-order valence-corrected chi connectivity index (χ1v) is 22.8. The molecule has 308 valence electrons. The number of fused-ring (bicyclic) bond motifs is 4. The largest absolute Gasteiger partial charge is 0.0622 e. The summed E-state index contributed by atoms with van der Waals surface area (Å²) in [5.74, 6) is 0. The second kappa shape index (κ2) is 16.8. The van der Waals surface area contributed by atoms with Crippen LogP contribution in [-0.2, 0) is 0 Å². The van der Waals surface area contributed by atoms with Gasteiger partial charge in [0.05, 0.1) is 0 Å². The van der Waals surface area contributed by atoms with Crippen molar-refractivity contribution in [3.8, 4) is 66.8 Å². The minimum absolute atomic E-state index is 1.16. The second-order valence-corrected chi connectivity index (χ2v) is 17.2. The van der Waals surface area contributed by atoms with Gasteiger partial charge in [-0.3, -0.25) is 0 Å². The van der Waals surface area contributed by atoms with Crippen molar-refractivity contribution in [2.45, 2.75) is 0 Å². The van der Waals surface area contributed by atoms with Gasteiger partial charge in [0.25, 0.3) is 0 Å². The molecule has 66 heavy (non-hydrogen) atoms. The summed E-state index contributed by atoms with van der Waals surface area (Å²) >= 11 is 0. The Morgan fingerprint density at radius 1 is 0.167 bits per heavy atom. The quantitative estimate of drug-likeness (QED) is 0.106. The molecule has 0 saturated carbocycles. The van der Waals surface area contributed by atoms with Crippen molar-refractivity contribution in [2.24, 2.45) is 0 Å². The average Bonchev–Trinajstić information content (AvgIpc) is 3.39. The Morgan fingerprint density at radius 2 is 0.455 bits per heavy atom. The SMILES string of the molecule is C(=Cc1cccc(-c2cccc(-c3c4ccccc4c(-c4ccccc4)c4ccccc34)c2)c1)c1ccc(-c2cccc(-c3c4ccccc4c(-c4ccccc4)c4ccccc34)c2)cc1. The topological polar surface area (TPSA) is 0 Å². The third-order valence-corrected chi connectivity index (χ3v) is 13.2. The molecule has 0 aromatic heterocycles. The smallest absolute Gasteiger partial charge is 0.00262 e. The number of hydrogen-bond donors (Lipinski definition) is 0. The van der Waals surface area contributed by atoms with Gasteiger partial charge in [-0.05, 0) is 139 Å². The summed E-state index contributed by atoms with van der Waals surface area (Å²) in [7, 11) is 0. The molecule has 0 bridgehead atoms. The van der Waals surface area contributed by atoms with Gasteiger partial charge in [0.2, 0.25) is 0 Å². The highest BCUT2D eigenvalue weighted by Crippen LogP contribution is 2.46. The highest BCUT2D eigenvalue weighted by atomic mass is 14.2. The molecule has 0 aliphatic rings. The molecule has 0 fully saturated rings. The standard InChI is InChI=1S/C66H44/c1-3-19-48(20-4-1)63-55-28-7-11-32-59(55)65(60-33-12-8-29-56(60)63)53-26-16-24-51(43-53)47-40-38-45(39-41-47)36-37-46-18-15-23-50(42-46)52-25-17-27-54(44-52)66-61-34-13-9-30-57(61)64(49-21-5-2-6-22-49)58-31-10-14-35-62(58)66/h1-44H. The molecule has 0 atom stereocenters. The molecule has 12 aromatic carbocycles. The molecule has 0 aliphatic carbocycles. The first-order valence-electron chi connectivity index (χ1n) is 22.8. The van der Waals surface area contributed by atoms with E-state index in [4.69, 9.17) is 0 Å². The van der Waals surface area contributed by atoms with Crippen molar-refractivity contribution in [1.29, 1.82) is 0 Å². The van der Waals surface area contributed by atoms with E-state index in [-0.39, 0.29) is 0 Å². The summed E-state index contributed by atoms with van der Waals surface area (Å²) in [6, 6.07) is 93.0. The van der Waals surface area contributed by atoms with Gasteiger partial charge < -0.3 is 0 Å². The molecule has 0 unspecified atom stereocenters. The van der Waals surface area contributed by atoms with E-state index in [2.05, 4.69) is 267 Å². The fourth-order valence-corrected chi connectivity index (χ4v) is 10.2. The molecular formula is C66H44. The highest BCUT2D eigenvalue weighted by Gasteiger charge is 2.18. The molecule has 0 heteroatoms. The zero-order valence-electron chi connectivity index (χ0n) is 36.4. The zero-order valence-corrected chi connectivity index (χ0v) is 36.4. The maximum absolute atomic E-state index is 2.36. The van der Waals surface area contributed by atoms with Crippen LogP contribution in [-0.4, -0.2) is 0 Å². The maximum Gasteiger partial charge on any atom is -0.00262 e. The lowest BCUT2D eigenvalue weighted by Gasteiger charge is -2.18. The van der Waals surface area contributed by atoms with Crippen molar-refractivity contribution >= 4 is 55.2 Å². The first kappa shape index (κ1) is 39.0. The van der Waals surface area contributed by atoms with Gasteiger partial charge in [-0.2, -0.15) is 0 Å². The fourth-order valence-electron chi connectivity index (χ4n) is 10.2. The van der Waals surface area contributed by atoms with E-state index in [1.54, 1.807) is 0 Å². The molecule has 12 aromatic rings.